The summed E-state index contributed by atoms with van der Waals surface area (Å²) in [6, 6.07) is 4.99. The molecule has 0 aromatic heterocycles. The maximum absolute atomic E-state index is 13.3. The first-order valence-corrected chi connectivity index (χ1v) is 4.35. The molecule has 1 heterocycles. The second-order valence-electron chi connectivity index (χ2n) is 3.40. The van der Waals surface area contributed by atoms with Crippen LogP contribution in [0.2, 0.25) is 0 Å². The van der Waals surface area contributed by atoms with E-state index in [9.17, 15) is 4.39 Å². The van der Waals surface area contributed by atoms with E-state index in [4.69, 9.17) is 4.74 Å². The first-order chi connectivity index (χ1) is 6.18. The Bertz CT molecular complexity index is 327. The fourth-order valence-corrected chi connectivity index (χ4v) is 1.64. The van der Waals surface area contributed by atoms with Crippen LogP contribution < -0.4 is 9.64 Å². The first kappa shape index (κ1) is 8.35. The van der Waals surface area contributed by atoms with Gasteiger partial charge in [-0.05, 0) is 19.1 Å². The average Bonchev–Trinajstić information content (AvgIpc) is 2.07. The topological polar surface area (TPSA) is 12.5 Å². The van der Waals surface area contributed by atoms with E-state index in [2.05, 4.69) is 0 Å². The van der Waals surface area contributed by atoms with Crippen molar-refractivity contribution in [3.8, 4) is 5.75 Å². The van der Waals surface area contributed by atoms with Crippen molar-refractivity contribution in [3.63, 3.8) is 0 Å². The minimum Gasteiger partial charge on any atom is -0.484 e. The van der Waals surface area contributed by atoms with Crippen molar-refractivity contribution < 1.29 is 9.13 Å². The van der Waals surface area contributed by atoms with Crippen LogP contribution in [-0.2, 0) is 0 Å². The molecule has 0 aliphatic carbocycles. The number of likely N-dealkylation sites (N-methyl/N-ethyl adjacent to an activating group) is 1. The molecule has 0 N–H and O–H groups in total. The van der Waals surface area contributed by atoms with Gasteiger partial charge in [-0.25, -0.2) is 4.39 Å². The van der Waals surface area contributed by atoms with E-state index in [1.807, 2.05) is 24.9 Å². The molecule has 1 aliphatic heterocycles. The lowest BCUT2D eigenvalue weighted by atomic mass is 10.2. The van der Waals surface area contributed by atoms with Crippen molar-refractivity contribution >= 4 is 5.69 Å². The van der Waals surface area contributed by atoms with Gasteiger partial charge in [-0.15, -0.1) is 0 Å². The Morgan fingerprint density at radius 1 is 1.54 bits per heavy atom. The summed E-state index contributed by atoms with van der Waals surface area (Å²) >= 11 is 0. The number of para-hydroxylation sites is 1. The number of rotatable bonds is 0. The van der Waals surface area contributed by atoms with Gasteiger partial charge in [-0.2, -0.15) is 0 Å². The molecule has 1 atom stereocenters. The van der Waals surface area contributed by atoms with Gasteiger partial charge in [0, 0.05) is 7.05 Å². The van der Waals surface area contributed by atoms with Crippen LogP contribution in [0.1, 0.15) is 6.92 Å². The van der Waals surface area contributed by atoms with Crippen LogP contribution in [0.5, 0.6) is 5.75 Å². The summed E-state index contributed by atoms with van der Waals surface area (Å²) in [6.07, 6.45) is 0.0504. The molecule has 0 saturated carbocycles. The van der Waals surface area contributed by atoms with E-state index >= 15 is 0 Å². The van der Waals surface area contributed by atoms with Crippen molar-refractivity contribution in [1.29, 1.82) is 0 Å². The molecule has 0 fully saturated rings. The lowest BCUT2D eigenvalue weighted by molar-refractivity contribution is 0.205. The molecule has 0 spiro atoms. The van der Waals surface area contributed by atoms with Crippen molar-refractivity contribution in [3.05, 3.63) is 24.0 Å². The van der Waals surface area contributed by atoms with Crippen LogP contribution in [0.3, 0.4) is 0 Å². The maximum Gasteiger partial charge on any atom is 0.178 e. The van der Waals surface area contributed by atoms with E-state index in [1.54, 1.807) is 6.07 Å². The number of halogens is 1. The minimum atomic E-state index is -0.282. The second-order valence-corrected chi connectivity index (χ2v) is 3.40. The SMILES string of the molecule is CC1CN(C)c2cccc(F)c2O1. The number of hydrogen-bond donors (Lipinski definition) is 0. The van der Waals surface area contributed by atoms with Crippen LogP contribution in [0.25, 0.3) is 0 Å². The van der Waals surface area contributed by atoms with Crippen LogP contribution in [0.15, 0.2) is 18.2 Å². The van der Waals surface area contributed by atoms with Crippen LogP contribution in [0.4, 0.5) is 10.1 Å². The molecule has 2 nitrogen and oxygen atoms in total. The maximum atomic E-state index is 13.3. The van der Waals surface area contributed by atoms with Gasteiger partial charge in [0.1, 0.15) is 6.10 Å². The summed E-state index contributed by atoms with van der Waals surface area (Å²) in [5.74, 6) is 0.0969. The predicted molar refractivity (Wildman–Crippen MR) is 49.8 cm³/mol. The van der Waals surface area contributed by atoms with E-state index in [1.165, 1.54) is 6.07 Å². The highest BCUT2D eigenvalue weighted by molar-refractivity contribution is 5.60. The van der Waals surface area contributed by atoms with E-state index in [0.29, 0.717) is 5.75 Å². The summed E-state index contributed by atoms with van der Waals surface area (Å²) in [5.41, 5.74) is 0.832. The van der Waals surface area contributed by atoms with Gasteiger partial charge in [-0.3, -0.25) is 0 Å². The molecule has 70 valence electrons. The van der Waals surface area contributed by atoms with Gasteiger partial charge in [0.05, 0.1) is 12.2 Å². The van der Waals surface area contributed by atoms with Gasteiger partial charge >= 0.3 is 0 Å². The Hall–Kier alpha value is -1.25. The Labute approximate surface area is 76.9 Å². The fraction of sp³-hybridized carbons (Fsp3) is 0.400. The van der Waals surface area contributed by atoms with Crippen LogP contribution in [-0.4, -0.2) is 19.7 Å². The quantitative estimate of drug-likeness (QED) is 0.607. The van der Waals surface area contributed by atoms with E-state index in [-0.39, 0.29) is 11.9 Å². The van der Waals surface area contributed by atoms with Gasteiger partial charge in [0.2, 0.25) is 0 Å². The number of hydrogen-bond acceptors (Lipinski definition) is 2. The summed E-state index contributed by atoms with van der Waals surface area (Å²) in [7, 11) is 1.94. The van der Waals surface area contributed by atoms with Crippen molar-refractivity contribution in [2.45, 2.75) is 13.0 Å². The zero-order chi connectivity index (χ0) is 9.42. The molecule has 3 heteroatoms. The molecule has 0 saturated heterocycles. The highest BCUT2D eigenvalue weighted by Gasteiger charge is 2.22. The number of anilines is 1. The highest BCUT2D eigenvalue weighted by Crippen LogP contribution is 2.34. The van der Waals surface area contributed by atoms with E-state index in [0.717, 1.165) is 12.2 Å². The van der Waals surface area contributed by atoms with Gasteiger partial charge in [0.25, 0.3) is 0 Å². The lowest BCUT2D eigenvalue weighted by Gasteiger charge is -2.32. The summed E-state index contributed by atoms with van der Waals surface area (Å²) in [6.45, 7) is 2.74. The van der Waals surface area contributed by atoms with Crippen LogP contribution >= 0.6 is 0 Å². The zero-order valence-corrected chi connectivity index (χ0v) is 7.75. The third kappa shape index (κ3) is 1.34. The molecule has 0 bridgehead atoms. The molecule has 1 aromatic rings. The molecule has 1 unspecified atom stereocenters. The predicted octanol–water partition coefficient (Wildman–Crippen LogP) is 2.04. The summed E-state index contributed by atoms with van der Waals surface area (Å²) in [5, 5.41) is 0. The third-order valence-corrected chi connectivity index (χ3v) is 2.21. The zero-order valence-electron chi connectivity index (χ0n) is 7.75. The molecule has 0 amide bonds. The standard InChI is InChI=1S/C10H12FNO/c1-7-6-12(2)9-5-3-4-8(11)10(9)13-7/h3-5,7H,6H2,1-2H3. The van der Waals surface area contributed by atoms with Gasteiger partial charge in [0.15, 0.2) is 11.6 Å². The molecule has 1 aromatic carbocycles. The molecular weight excluding hydrogens is 169 g/mol. The second kappa shape index (κ2) is 2.91. The lowest BCUT2D eigenvalue weighted by Crippen LogP contribution is -2.35. The molecule has 2 rings (SSSR count). The van der Waals surface area contributed by atoms with Crippen molar-refractivity contribution in [1.82, 2.24) is 0 Å². The molecular formula is C10H12FNO. The van der Waals surface area contributed by atoms with Crippen LogP contribution in [0, 0.1) is 5.82 Å². The largest absolute Gasteiger partial charge is 0.484 e. The number of fused-ring (bicyclic) bond motifs is 1. The summed E-state index contributed by atoms with van der Waals surface area (Å²) < 4.78 is 18.7. The Balaban J connectivity index is 2.49. The first-order valence-electron chi connectivity index (χ1n) is 4.35. The third-order valence-electron chi connectivity index (χ3n) is 2.21. The number of ether oxygens (including phenoxy) is 1. The highest BCUT2D eigenvalue weighted by atomic mass is 19.1. The van der Waals surface area contributed by atoms with Crippen molar-refractivity contribution in [2.75, 3.05) is 18.5 Å². The number of benzene rings is 1. The minimum absolute atomic E-state index is 0.0504. The molecule has 13 heavy (non-hydrogen) atoms. The fourth-order valence-electron chi connectivity index (χ4n) is 1.64. The van der Waals surface area contributed by atoms with E-state index < -0.39 is 0 Å². The van der Waals surface area contributed by atoms with Gasteiger partial charge < -0.3 is 9.64 Å². The number of nitrogens with zero attached hydrogens (tertiary/aromatic N) is 1. The Kier molecular flexibility index (Phi) is 1.87. The Morgan fingerprint density at radius 3 is 3.08 bits per heavy atom. The average molecular weight is 181 g/mol. The molecule has 0 radical (unpaired) electrons. The van der Waals surface area contributed by atoms with Gasteiger partial charge in [-0.1, -0.05) is 6.07 Å². The summed E-state index contributed by atoms with van der Waals surface area (Å²) in [4.78, 5) is 2.01. The Morgan fingerprint density at radius 2 is 2.31 bits per heavy atom. The monoisotopic (exact) mass is 181 g/mol. The normalized spacial score (nSPS) is 20.8. The molecule has 1 aliphatic rings. The van der Waals surface area contributed by atoms with Crippen molar-refractivity contribution in [2.24, 2.45) is 0 Å². The smallest absolute Gasteiger partial charge is 0.178 e.